The maximum absolute atomic E-state index is 10.6. The fraction of sp³-hybridized carbons (Fsp3) is 0.370. The summed E-state index contributed by atoms with van der Waals surface area (Å²) in [5, 5.41) is 30.4. The van der Waals surface area contributed by atoms with Crippen molar-refractivity contribution in [1.82, 2.24) is 19.5 Å². The number of benzene rings is 2. The molecule has 1 aliphatic carbocycles. The van der Waals surface area contributed by atoms with Crippen LogP contribution in [0, 0.1) is 5.92 Å². The fourth-order valence-electron chi connectivity index (χ4n) is 5.54. The van der Waals surface area contributed by atoms with Crippen molar-refractivity contribution < 1.29 is 15.3 Å². The monoisotopic (exact) mass is 486 g/mol. The average molecular weight is 487 g/mol. The minimum absolute atomic E-state index is 0.166. The number of hydrogen-bond acceptors (Lipinski definition) is 8. The van der Waals surface area contributed by atoms with Crippen LogP contribution in [-0.4, -0.2) is 79.8 Å². The van der Waals surface area contributed by atoms with E-state index in [1.807, 2.05) is 10.6 Å². The van der Waals surface area contributed by atoms with Gasteiger partial charge in [-0.1, -0.05) is 42.5 Å². The van der Waals surface area contributed by atoms with Crippen LogP contribution < -0.4 is 9.80 Å². The second kappa shape index (κ2) is 9.50. The van der Waals surface area contributed by atoms with Gasteiger partial charge in [0.15, 0.2) is 17.0 Å². The second-order valence-corrected chi connectivity index (χ2v) is 9.64. The molecule has 3 heterocycles. The molecule has 1 aliphatic heterocycles. The Morgan fingerprint density at radius 2 is 1.47 bits per heavy atom. The van der Waals surface area contributed by atoms with Gasteiger partial charge < -0.3 is 29.7 Å². The van der Waals surface area contributed by atoms with Crippen molar-refractivity contribution in [2.45, 2.75) is 24.7 Å². The van der Waals surface area contributed by atoms with Gasteiger partial charge in [0.1, 0.15) is 12.4 Å². The van der Waals surface area contributed by atoms with Crippen LogP contribution in [0.15, 0.2) is 67.3 Å². The van der Waals surface area contributed by atoms with Crippen molar-refractivity contribution >= 4 is 22.7 Å². The van der Waals surface area contributed by atoms with E-state index in [0.29, 0.717) is 17.6 Å². The number of nitrogens with zero attached hydrogens (tertiary/aromatic N) is 6. The molecule has 0 spiro atoms. The maximum atomic E-state index is 10.6. The zero-order valence-electron chi connectivity index (χ0n) is 19.9. The van der Waals surface area contributed by atoms with Crippen LogP contribution in [0.4, 0.5) is 11.5 Å². The van der Waals surface area contributed by atoms with E-state index in [9.17, 15) is 15.3 Å². The minimum atomic E-state index is -0.977. The third-order valence-electron chi connectivity index (χ3n) is 7.62. The van der Waals surface area contributed by atoms with E-state index in [4.69, 9.17) is 0 Å². The molecule has 0 unspecified atom stereocenters. The zero-order chi connectivity index (χ0) is 24.6. The van der Waals surface area contributed by atoms with E-state index in [-0.39, 0.29) is 18.6 Å². The van der Waals surface area contributed by atoms with Crippen molar-refractivity contribution in [1.29, 1.82) is 0 Å². The normalized spacial score (nSPS) is 24.5. The highest BCUT2D eigenvalue weighted by molar-refractivity contribution is 5.83. The molecule has 3 N–H and O–H groups in total. The van der Waals surface area contributed by atoms with Crippen LogP contribution in [0.2, 0.25) is 0 Å². The molecule has 4 aromatic rings. The van der Waals surface area contributed by atoms with Crippen LogP contribution in [0.25, 0.3) is 22.3 Å². The summed E-state index contributed by atoms with van der Waals surface area (Å²) >= 11 is 0. The van der Waals surface area contributed by atoms with Crippen molar-refractivity contribution in [3.63, 3.8) is 0 Å². The summed E-state index contributed by atoms with van der Waals surface area (Å²) in [4.78, 5) is 18.2. The standard InChI is InChI=1S/C27H30N6O3/c34-15-20-14-22(25(36)24(20)35)33-17-30-23-26(28-16-29-27(23)33)32-12-10-31(11-13-32)21-8-6-19(7-9-21)18-4-2-1-3-5-18/h1-9,16-17,20,22,24-25,34-36H,10-15H2/t20-,22-,24-,25+/m1/s1. The molecule has 2 aromatic carbocycles. The summed E-state index contributed by atoms with van der Waals surface area (Å²) in [5.41, 5.74) is 4.95. The third kappa shape index (κ3) is 3.99. The first kappa shape index (κ1) is 22.9. The number of aliphatic hydroxyl groups is 3. The number of piperazine rings is 1. The van der Waals surface area contributed by atoms with Gasteiger partial charge in [0.05, 0.1) is 18.5 Å². The third-order valence-corrected chi connectivity index (χ3v) is 7.62. The average Bonchev–Trinajstić information content (AvgIpc) is 3.49. The molecule has 0 bridgehead atoms. The summed E-state index contributed by atoms with van der Waals surface area (Å²) in [7, 11) is 0. The smallest absolute Gasteiger partial charge is 0.165 e. The van der Waals surface area contributed by atoms with Gasteiger partial charge >= 0.3 is 0 Å². The lowest BCUT2D eigenvalue weighted by Gasteiger charge is -2.36. The number of rotatable bonds is 5. The summed E-state index contributed by atoms with van der Waals surface area (Å²) in [6.45, 7) is 3.17. The molecule has 6 rings (SSSR count). The van der Waals surface area contributed by atoms with Crippen LogP contribution in [0.3, 0.4) is 0 Å². The quantitative estimate of drug-likeness (QED) is 0.393. The Hall–Kier alpha value is -3.53. The number of imidazole rings is 1. The van der Waals surface area contributed by atoms with Gasteiger partial charge in [0.25, 0.3) is 0 Å². The number of aromatic nitrogens is 4. The molecule has 4 atom stereocenters. The number of fused-ring (bicyclic) bond motifs is 1. The Bertz CT molecular complexity index is 1320. The first-order valence-corrected chi connectivity index (χ1v) is 12.4. The van der Waals surface area contributed by atoms with Crippen LogP contribution in [-0.2, 0) is 0 Å². The van der Waals surface area contributed by atoms with Crippen molar-refractivity contribution in [3.05, 3.63) is 67.3 Å². The topological polar surface area (TPSA) is 111 Å². The van der Waals surface area contributed by atoms with Gasteiger partial charge in [-0.25, -0.2) is 15.0 Å². The molecule has 0 amide bonds. The molecule has 9 nitrogen and oxygen atoms in total. The molecule has 186 valence electrons. The molecule has 1 saturated carbocycles. The predicted octanol–water partition coefficient (Wildman–Crippen LogP) is 2.10. The molecule has 2 fully saturated rings. The Morgan fingerprint density at radius 1 is 0.778 bits per heavy atom. The van der Waals surface area contributed by atoms with E-state index in [1.54, 1.807) is 6.33 Å². The summed E-state index contributed by atoms with van der Waals surface area (Å²) < 4.78 is 1.81. The van der Waals surface area contributed by atoms with Gasteiger partial charge in [-0.3, -0.25) is 0 Å². The SMILES string of the molecule is OC[C@H]1C[C@@H](n2cnc3c(N4CCN(c5ccc(-c6ccccc6)cc5)CC4)ncnc32)[C@H](O)[C@@H]1O. The van der Waals surface area contributed by atoms with Crippen LogP contribution in [0.5, 0.6) is 0 Å². The number of aliphatic hydroxyl groups excluding tert-OH is 3. The van der Waals surface area contributed by atoms with E-state index in [0.717, 1.165) is 32.0 Å². The molecule has 1 saturated heterocycles. The van der Waals surface area contributed by atoms with Gasteiger partial charge in [0.2, 0.25) is 0 Å². The predicted molar refractivity (Wildman–Crippen MR) is 138 cm³/mol. The van der Waals surface area contributed by atoms with Crippen LogP contribution in [0.1, 0.15) is 12.5 Å². The fourth-order valence-corrected chi connectivity index (χ4v) is 5.54. The molecular formula is C27H30N6O3. The largest absolute Gasteiger partial charge is 0.396 e. The van der Waals surface area contributed by atoms with Gasteiger partial charge in [-0.2, -0.15) is 0 Å². The molecule has 36 heavy (non-hydrogen) atoms. The van der Waals surface area contributed by atoms with E-state index in [2.05, 4.69) is 73.3 Å². The Morgan fingerprint density at radius 3 is 2.17 bits per heavy atom. The van der Waals surface area contributed by atoms with Gasteiger partial charge in [0, 0.05) is 44.4 Å². The van der Waals surface area contributed by atoms with Crippen molar-refractivity contribution in [2.24, 2.45) is 5.92 Å². The Kier molecular flexibility index (Phi) is 6.04. The van der Waals surface area contributed by atoms with E-state index < -0.39 is 12.2 Å². The maximum Gasteiger partial charge on any atom is 0.165 e. The highest BCUT2D eigenvalue weighted by Crippen LogP contribution is 2.37. The van der Waals surface area contributed by atoms with E-state index >= 15 is 0 Å². The molecule has 0 radical (unpaired) electrons. The number of hydrogen-bond donors (Lipinski definition) is 3. The summed E-state index contributed by atoms with van der Waals surface area (Å²) in [6.07, 6.45) is 1.72. The minimum Gasteiger partial charge on any atom is -0.396 e. The van der Waals surface area contributed by atoms with E-state index in [1.165, 1.54) is 23.1 Å². The lowest BCUT2D eigenvalue weighted by molar-refractivity contribution is -0.00370. The Labute approximate surface area is 209 Å². The second-order valence-electron chi connectivity index (χ2n) is 9.64. The highest BCUT2D eigenvalue weighted by atomic mass is 16.3. The molecule has 9 heteroatoms. The molecule has 2 aromatic heterocycles. The Balaban J connectivity index is 1.17. The zero-order valence-corrected chi connectivity index (χ0v) is 19.9. The summed E-state index contributed by atoms with van der Waals surface area (Å²) in [6, 6.07) is 18.7. The van der Waals surface area contributed by atoms with Crippen LogP contribution >= 0.6 is 0 Å². The number of anilines is 2. The first-order valence-electron chi connectivity index (χ1n) is 12.4. The molecule has 2 aliphatic rings. The lowest BCUT2D eigenvalue weighted by Crippen LogP contribution is -2.47. The highest BCUT2D eigenvalue weighted by Gasteiger charge is 2.42. The first-order chi connectivity index (χ1) is 17.6. The van der Waals surface area contributed by atoms with Gasteiger partial charge in [-0.15, -0.1) is 0 Å². The lowest BCUT2D eigenvalue weighted by atomic mass is 10.1. The van der Waals surface area contributed by atoms with Crippen molar-refractivity contribution in [3.8, 4) is 11.1 Å². The van der Waals surface area contributed by atoms with Crippen molar-refractivity contribution in [2.75, 3.05) is 42.6 Å². The molecular weight excluding hydrogens is 456 g/mol. The van der Waals surface area contributed by atoms with Gasteiger partial charge in [-0.05, 0) is 29.7 Å². The summed E-state index contributed by atoms with van der Waals surface area (Å²) in [5.74, 6) is 0.420.